The van der Waals surface area contributed by atoms with E-state index in [2.05, 4.69) is 124 Å². The second kappa shape index (κ2) is 8.43. The molecule has 0 radical (unpaired) electrons. The van der Waals surface area contributed by atoms with E-state index in [1.54, 1.807) is 11.1 Å². The van der Waals surface area contributed by atoms with Gasteiger partial charge in [0, 0.05) is 32.1 Å². The van der Waals surface area contributed by atoms with Crippen LogP contribution in [-0.2, 0) is 16.2 Å². The van der Waals surface area contributed by atoms with Crippen molar-refractivity contribution in [2.45, 2.75) is 92.3 Å². The Morgan fingerprint density at radius 3 is 2.18 bits per heavy atom. The molecule has 5 aliphatic carbocycles. The predicted molar refractivity (Wildman–Crippen MR) is 183 cm³/mol. The fourth-order valence-electron chi connectivity index (χ4n) is 12.0. The van der Waals surface area contributed by atoms with Crippen LogP contribution in [0.2, 0.25) is 0 Å². The second-order valence-corrected chi connectivity index (χ2v) is 17.6. The van der Waals surface area contributed by atoms with Gasteiger partial charge in [0.15, 0.2) is 0 Å². The maximum Gasteiger partial charge on any atom is 0.0514 e. The van der Waals surface area contributed by atoms with E-state index in [1.807, 2.05) is 11.8 Å². The number of hydrogen-bond acceptors (Lipinski definition) is 2. The summed E-state index contributed by atoms with van der Waals surface area (Å²) in [6.45, 7) is 9.80. The molecule has 1 aliphatic heterocycles. The van der Waals surface area contributed by atoms with Crippen LogP contribution in [0.1, 0.15) is 88.5 Å². The normalized spacial score (nSPS) is 33.8. The molecule has 2 bridgehead atoms. The molecule has 10 rings (SSSR count). The number of fused-ring (bicyclic) bond motifs is 8. The maximum absolute atomic E-state index is 2.64. The van der Waals surface area contributed by atoms with Crippen LogP contribution >= 0.6 is 11.8 Å². The van der Waals surface area contributed by atoms with Crippen LogP contribution in [0.25, 0.3) is 0 Å². The lowest BCUT2D eigenvalue weighted by Gasteiger charge is -2.78. The molecule has 222 valence electrons. The van der Waals surface area contributed by atoms with Gasteiger partial charge in [-0.1, -0.05) is 88.0 Å². The van der Waals surface area contributed by atoms with E-state index in [9.17, 15) is 0 Å². The molecule has 6 unspecified atom stereocenters. The summed E-state index contributed by atoms with van der Waals surface area (Å²) in [4.78, 5) is 5.63. The van der Waals surface area contributed by atoms with Crippen molar-refractivity contribution in [2.24, 2.45) is 29.1 Å². The number of para-hydroxylation sites is 1. The van der Waals surface area contributed by atoms with Gasteiger partial charge in [-0.2, -0.15) is 0 Å². The van der Waals surface area contributed by atoms with Gasteiger partial charge >= 0.3 is 0 Å². The minimum atomic E-state index is 0.127. The van der Waals surface area contributed by atoms with Crippen molar-refractivity contribution in [3.63, 3.8) is 0 Å². The number of rotatable bonds is 3. The van der Waals surface area contributed by atoms with Crippen LogP contribution in [-0.4, -0.2) is 0 Å². The lowest BCUT2D eigenvalue weighted by molar-refractivity contribution is -0.234. The molecule has 4 aromatic carbocycles. The van der Waals surface area contributed by atoms with Gasteiger partial charge in [0.1, 0.15) is 0 Å². The van der Waals surface area contributed by atoms with Crippen molar-refractivity contribution in [3.05, 3.63) is 113 Å². The Morgan fingerprint density at radius 1 is 0.636 bits per heavy atom. The Hall–Kier alpha value is -2.97. The average Bonchev–Trinajstić information content (AvgIpc) is 3.55. The first kappa shape index (κ1) is 26.3. The number of hydrogen-bond donors (Lipinski definition) is 0. The average molecular weight is 594 g/mol. The highest BCUT2D eigenvalue weighted by atomic mass is 32.2. The number of anilines is 3. The minimum Gasteiger partial charge on any atom is -0.310 e. The zero-order chi connectivity index (χ0) is 29.6. The summed E-state index contributed by atoms with van der Waals surface area (Å²) >= 11 is 2.02. The Labute approximate surface area is 267 Å². The summed E-state index contributed by atoms with van der Waals surface area (Å²) in [6, 6.07) is 35.5. The van der Waals surface area contributed by atoms with Gasteiger partial charge in [-0.25, -0.2) is 0 Å². The lowest BCUT2D eigenvalue weighted by atomic mass is 9.26. The molecule has 0 aromatic heterocycles. The lowest BCUT2D eigenvalue weighted by Crippen LogP contribution is -2.74. The topological polar surface area (TPSA) is 3.24 Å². The van der Waals surface area contributed by atoms with Crippen molar-refractivity contribution < 1.29 is 0 Å². The molecule has 4 fully saturated rings. The summed E-state index contributed by atoms with van der Waals surface area (Å²) in [5.41, 5.74) is 11.4. The summed E-state index contributed by atoms with van der Waals surface area (Å²) in [5.74, 6) is 3.49. The summed E-state index contributed by atoms with van der Waals surface area (Å²) in [5, 5.41) is 0. The van der Waals surface area contributed by atoms with Crippen molar-refractivity contribution in [1.82, 2.24) is 0 Å². The Bertz CT molecular complexity index is 1850. The molecule has 0 N–H and O–H groups in total. The smallest absolute Gasteiger partial charge is 0.0514 e. The first-order chi connectivity index (χ1) is 21.2. The van der Waals surface area contributed by atoms with Crippen LogP contribution < -0.4 is 4.90 Å². The highest BCUT2D eigenvalue weighted by molar-refractivity contribution is 7.99. The van der Waals surface area contributed by atoms with E-state index in [0.717, 1.165) is 23.7 Å². The molecule has 4 saturated carbocycles. The Balaban J connectivity index is 1.23. The monoisotopic (exact) mass is 593 g/mol. The van der Waals surface area contributed by atoms with Gasteiger partial charge in [-0.15, -0.1) is 0 Å². The van der Waals surface area contributed by atoms with E-state index in [4.69, 9.17) is 0 Å². The van der Waals surface area contributed by atoms with Gasteiger partial charge < -0.3 is 4.90 Å². The third-order valence-corrected chi connectivity index (χ3v) is 15.0. The highest BCUT2D eigenvalue weighted by Gasteiger charge is 2.84. The highest BCUT2D eigenvalue weighted by Crippen LogP contribution is 2.89. The van der Waals surface area contributed by atoms with Crippen LogP contribution in [0.5, 0.6) is 0 Å². The molecule has 0 saturated heterocycles. The molecule has 4 aromatic rings. The molecular weight excluding hydrogens is 551 g/mol. The SMILES string of the molecule is CC1(C)CCC(C)(C)c2cc(N(c3ccccc3)c3cccc4c3C3(c5ccccc5S4)C4CC5CC6CC3C64C5)ccc21. The van der Waals surface area contributed by atoms with E-state index in [-0.39, 0.29) is 16.2 Å². The van der Waals surface area contributed by atoms with Gasteiger partial charge in [0.05, 0.1) is 5.69 Å². The van der Waals surface area contributed by atoms with E-state index >= 15 is 0 Å². The summed E-state index contributed by atoms with van der Waals surface area (Å²) in [7, 11) is 0. The first-order valence-electron chi connectivity index (χ1n) is 17.2. The van der Waals surface area contributed by atoms with Crippen LogP contribution in [0.4, 0.5) is 17.1 Å². The predicted octanol–water partition coefficient (Wildman–Crippen LogP) is 11.3. The molecule has 0 amide bonds. The quantitative estimate of drug-likeness (QED) is 0.232. The molecule has 2 spiro atoms. The third-order valence-electron chi connectivity index (χ3n) is 13.8. The molecular formula is C42H43NS. The van der Waals surface area contributed by atoms with Crippen molar-refractivity contribution in [2.75, 3.05) is 4.90 Å². The van der Waals surface area contributed by atoms with E-state index in [0.29, 0.717) is 5.41 Å². The largest absolute Gasteiger partial charge is 0.310 e. The molecule has 44 heavy (non-hydrogen) atoms. The minimum absolute atomic E-state index is 0.127. The van der Waals surface area contributed by atoms with Gasteiger partial charge in [-0.3, -0.25) is 0 Å². The number of nitrogens with zero attached hydrogens (tertiary/aromatic N) is 1. The van der Waals surface area contributed by atoms with Gasteiger partial charge in [-0.05, 0) is 138 Å². The molecule has 6 aliphatic rings. The van der Waals surface area contributed by atoms with E-state index in [1.165, 1.54) is 76.5 Å². The first-order valence-corrected chi connectivity index (χ1v) is 18.0. The van der Waals surface area contributed by atoms with Crippen molar-refractivity contribution in [3.8, 4) is 0 Å². The van der Waals surface area contributed by atoms with E-state index < -0.39 is 0 Å². The molecule has 1 nitrogen and oxygen atoms in total. The zero-order valence-corrected chi connectivity index (χ0v) is 27.4. The Kier molecular flexibility index (Phi) is 5.03. The third kappa shape index (κ3) is 3.01. The number of benzene rings is 4. The van der Waals surface area contributed by atoms with Gasteiger partial charge in [0.25, 0.3) is 0 Å². The fourth-order valence-corrected chi connectivity index (χ4v) is 13.3. The summed E-state index contributed by atoms with van der Waals surface area (Å²) in [6.07, 6.45) is 8.32. The van der Waals surface area contributed by atoms with Gasteiger partial charge in [0.2, 0.25) is 0 Å². The summed E-state index contributed by atoms with van der Waals surface area (Å²) < 4.78 is 0. The maximum atomic E-state index is 2.64. The zero-order valence-electron chi connectivity index (χ0n) is 26.6. The molecule has 1 heterocycles. The van der Waals surface area contributed by atoms with Crippen LogP contribution in [0.3, 0.4) is 0 Å². The molecule has 6 atom stereocenters. The second-order valence-electron chi connectivity index (χ2n) is 16.5. The fraction of sp³-hybridized carbons (Fsp3) is 0.429. The van der Waals surface area contributed by atoms with Crippen LogP contribution in [0, 0.1) is 29.1 Å². The van der Waals surface area contributed by atoms with Crippen molar-refractivity contribution in [1.29, 1.82) is 0 Å². The standard InChI is InChI=1S/C42H43NS/c1-39(2)19-20-40(3,4)32-24-29(17-18-30(32)39)43(28-11-6-5-7-12-28)33-14-10-16-35-38(33)42(31-13-8-9-15-34(31)44-35)36-22-26-21-27-23-37(42)41(27,36)25-26/h5-18,24,26-27,36-37H,19-23,25H2,1-4H3. The van der Waals surface area contributed by atoms with Crippen molar-refractivity contribution >= 4 is 28.8 Å². The molecule has 2 heteroatoms. The van der Waals surface area contributed by atoms with Crippen LogP contribution in [0.15, 0.2) is 101 Å². The Morgan fingerprint density at radius 2 is 1.36 bits per heavy atom.